The lowest BCUT2D eigenvalue weighted by Crippen LogP contribution is -2.19. The molecule has 2 atom stereocenters. The average Bonchev–Trinajstić information content (AvgIpc) is 2.71. The van der Waals surface area contributed by atoms with Crippen molar-refractivity contribution >= 4 is 5.78 Å². The van der Waals surface area contributed by atoms with E-state index in [2.05, 4.69) is 6.92 Å². The van der Waals surface area contributed by atoms with Crippen LogP contribution in [0.5, 0.6) is 0 Å². The summed E-state index contributed by atoms with van der Waals surface area (Å²) in [4.78, 5) is 12.0. The molecule has 1 aromatic carbocycles. The lowest BCUT2D eigenvalue weighted by Gasteiger charge is -2.14. The second kappa shape index (κ2) is 4.94. The van der Waals surface area contributed by atoms with Crippen LogP contribution in [-0.4, -0.2) is 5.78 Å². The van der Waals surface area contributed by atoms with Gasteiger partial charge in [0.1, 0.15) is 5.78 Å². The van der Waals surface area contributed by atoms with Gasteiger partial charge in [-0.15, -0.1) is 0 Å². The second-order valence-electron chi connectivity index (χ2n) is 4.87. The van der Waals surface area contributed by atoms with Crippen molar-refractivity contribution in [1.29, 1.82) is 0 Å². The van der Waals surface area contributed by atoms with E-state index in [0.717, 1.165) is 25.3 Å². The van der Waals surface area contributed by atoms with Gasteiger partial charge < -0.3 is 0 Å². The second-order valence-corrected chi connectivity index (χ2v) is 4.87. The van der Waals surface area contributed by atoms with E-state index in [-0.39, 0.29) is 23.7 Å². The van der Waals surface area contributed by atoms with Crippen molar-refractivity contribution in [3.05, 3.63) is 35.4 Å². The molecule has 1 aromatic rings. The van der Waals surface area contributed by atoms with E-state index in [1.807, 2.05) is 0 Å². The van der Waals surface area contributed by atoms with Crippen LogP contribution < -0.4 is 0 Å². The van der Waals surface area contributed by atoms with Gasteiger partial charge in [-0.25, -0.2) is 8.78 Å². The number of Topliss-reactive ketones (excluding diaryl/α,β-unsaturated/α-hetero) is 1. The van der Waals surface area contributed by atoms with Gasteiger partial charge in [-0.3, -0.25) is 4.79 Å². The highest BCUT2D eigenvalue weighted by atomic mass is 19.2. The lowest BCUT2D eigenvalue weighted by molar-refractivity contribution is -0.123. The van der Waals surface area contributed by atoms with Crippen LogP contribution in [0.4, 0.5) is 8.78 Å². The molecule has 0 radical (unpaired) electrons. The van der Waals surface area contributed by atoms with E-state index >= 15 is 0 Å². The molecule has 92 valence electrons. The summed E-state index contributed by atoms with van der Waals surface area (Å²) in [5.41, 5.74) is 0.175. The van der Waals surface area contributed by atoms with Gasteiger partial charge >= 0.3 is 0 Å². The fraction of sp³-hybridized carbons (Fsp3) is 0.500. The molecule has 2 unspecified atom stereocenters. The molecule has 0 bridgehead atoms. The molecule has 17 heavy (non-hydrogen) atoms. The molecule has 0 spiro atoms. The van der Waals surface area contributed by atoms with Gasteiger partial charge in [-0.2, -0.15) is 0 Å². The van der Waals surface area contributed by atoms with Crippen molar-refractivity contribution in [2.75, 3.05) is 0 Å². The Morgan fingerprint density at radius 1 is 1.35 bits per heavy atom. The molecule has 0 heterocycles. The van der Waals surface area contributed by atoms with E-state index in [1.165, 1.54) is 12.1 Å². The maximum atomic E-state index is 13.4. The van der Waals surface area contributed by atoms with Crippen LogP contribution in [0.2, 0.25) is 0 Å². The SMILES string of the molecule is CC1CCCC1C(=O)Cc1cccc(F)c1F. The van der Waals surface area contributed by atoms with Crippen LogP contribution in [0.1, 0.15) is 31.7 Å². The predicted octanol–water partition coefficient (Wildman–Crippen LogP) is 3.51. The maximum absolute atomic E-state index is 13.4. The average molecular weight is 238 g/mol. The minimum absolute atomic E-state index is 0.0125. The summed E-state index contributed by atoms with van der Waals surface area (Å²) < 4.78 is 26.4. The minimum Gasteiger partial charge on any atom is -0.299 e. The summed E-state index contributed by atoms with van der Waals surface area (Å²) in [6, 6.07) is 4.00. The summed E-state index contributed by atoms with van der Waals surface area (Å²) >= 11 is 0. The Morgan fingerprint density at radius 3 is 2.76 bits per heavy atom. The normalized spacial score (nSPS) is 23.9. The van der Waals surface area contributed by atoms with E-state index in [9.17, 15) is 13.6 Å². The Kier molecular flexibility index (Phi) is 3.55. The number of hydrogen-bond donors (Lipinski definition) is 0. The van der Waals surface area contributed by atoms with E-state index in [1.54, 1.807) is 0 Å². The summed E-state index contributed by atoms with van der Waals surface area (Å²) in [5, 5.41) is 0. The van der Waals surface area contributed by atoms with E-state index in [4.69, 9.17) is 0 Å². The number of ketones is 1. The molecule has 2 rings (SSSR count). The third-order valence-corrected chi connectivity index (χ3v) is 3.67. The monoisotopic (exact) mass is 238 g/mol. The summed E-state index contributed by atoms with van der Waals surface area (Å²) in [7, 11) is 0. The van der Waals surface area contributed by atoms with Gasteiger partial charge in [-0.05, 0) is 30.4 Å². The predicted molar refractivity (Wildman–Crippen MR) is 61.6 cm³/mol. The zero-order chi connectivity index (χ0) is 12.4. The summed E-state index contributed by atoms with van der Waals surface area (Å²) in [5.74, 6) is -1.32. The number of carbonyl (C=O) groups is 1. The van der Waals surface area contributed by atoms with Crippen LogP contribution in [0, 0.1) is 23.5 Å². The molecule has 0 aromatic heterocycles. The highest BCUT2D eigenvalue weighted by molar-refractivity contribution is 5.83. The van der Waals surface area contributed by atoms with Crippen molar-refractivity contribution in [3.8, 4) is 0 Å². The molecule has 1 nitrogen and oxygen atoms in total. The van der Waals surface area contributed by atoms with Gasteiger partial charge in [0.15, 0.2) is 11.6 Å². The van der Waals surface area contributed by atoms with Gasteiger partial charge in [0.2, 0.25) is 0 Å². The highest BCUT2D eigenvalue weighted by Crippen LogP contribution is 2.32. The summed E-state index contributed by atoms with van der Waals surface area (Å²) in [6.07, 6.45) is 3.01. The quantitative estimate of drug-likeness (QED) is 0.787. The third-order valence-electron chi connectivity index (χ3n) is 3.67. The van der Waals surface area contributed by atoms with Crippen molar-refractivity contribution < 1.29 is 13.6 Å². The molecule has 0 amide bonds. The lowest BCUT2D eigenvalue weighted by atomic mass is 9.90. The number of rotatable bonds is 3. The molecule has 0 aliphatic heterocycles. The molecule has 1 fully saturated rings. The minimum atomic E-state index is -0.883. The van der Waals surface area contributed by atoms with Crippen LogP contribution in [-0.2, 0) is 11.2 Å². The number of carbonyl (C=O) groups excluding carboxylic acids is 1. The highest BCUT2D eigenvalue weighted by Gasteiger charge is 2.29. The molecule has 3 heteroatoms. The van der Waals surface area contributed by atoms with Gasteiger partial charge in [0, 0.05) is 12.3 Å². The molecule has 1 saturated carbocycles. The zero-order valence-corrected chi connectivity index (χ0v) is 9.88. The first-order valence-electron chi connectivity index (χ1n) is 6.05. The Morgan fingerprint density at radius 2 is 2.12 bits per heavy atom. The standard InChI is InChI=1S/C14H16F2O/c1-9-4-2-6-11(9)13(17)8-10-5-3-7-12(15)14(10)16/h3,5,7,9,11H,2,4,6,8H2,1H3. The number of hydrogen-bond acceptors (Lipinski definition) is 1. The fourth-order valence-electron chi connectivity index (χ4n) is 2.63. The molecule has 1 aliphatic carbocycles. The molecule has 0 saturated heterocycles. The number of benzene rings is 1. The topological polar surface area (TPSA) is 17.1 Å². The van der Waals surface area contributed by atoms with Crippen molar-refractivity contribution in [2.24, 2.45) is 11.8 Å². The van der Waals surface area contributed by atoms with Crippen LogP contribution in [0.3, 0.4) is 0 Å². The smallest absolute Gasteiger partial charge is 0.162 e. The maximum Gasteiger partial charge on any atom is 0.162 e. The van der Waals surface area contributed by atoms with Crippen molar-refractivity contribution in [2.45, 2.75) is 32.6 Å². The van der Waals surface area contributed by atoms with Crippen molar-refractivity contribution in [1.82, 2.24) is 0 Å². The van der Waals surface area contributed by atoms with Gasteiger partial charge in [-0.1, -0.05) is 25.5 Å². The van der Waals surface area contributed by atoms with Gasteiger partial charge in [0.05, 0.1) is 0 Å². The Balaban J connectivity index is 2.10. The van der Waals surface area contributed by atoms with Crippen LogP contribution >= 0.6 is 0 Å². The first kappa shape index (κ1) is 12.2. The third kappa shape index (κ3) is 2.54. The Hall–Kier alpha value is -1.25. The van der Waals surface area contributed by atoms with Crippen LogP contribution in [0.25, 0.3) is 0 Å². The first-order valence-corrected chi connectivity index (χ1v) is 6.05. The Bertz CT molecular complexity index is 428. The Labute approximate surface area is 99.8 Å². The first-order chi connectivity index (χ1) is 8.09. The summed E-state index contributed by atoms with van der Waals surface area (Å²) in [6.45, 7) is 2.05. The number of halogens is 2. The molecular formula is C14H16F2O. The molecule has 1 aliphatic rings. The van der Waals surface area contributed by atoms with Crippen LogP contribution in [0.15, 0.2) is 18.2 Å². The van der Waals surface area contributed by atoms with E-state index in [0.29, 0.717) is 5.92 Å². The fourth-order valence-corrected chi connectivity index (χ4v) is 2.63. The largest absolute Gasteiger partial charge is 0.299 e. The van der Waals surface area contributed by atoms with Crippen molar-refractivity contribution in [3.63, 3.8) is 0 Å². The van der Waals surface area contributed by atoms with E-state index < -0.39 is 11.6 Å². The van der Waals surface area contributed by atoms with Gasteiger partial charge in [0.25, 0.3) is 0 Å². The molecular weight excluding hydrogens is 222 g/mol. The molecule has 0 N–H and O–H groups in total. The zero-order valence-electron chi connectivity index (χ0n) is 9.88.